The van der Waals surface area contributed by atoms with E-state index in [0.717, 1.165) is 0 Å². The number of aliphatic hydroxyl groups is 1. The number of carbonyl (C=O) groups excluding carboxylic acids is 1. The van der Waals surface area contributed by atoms with Crippen molar-refractivity contribution >= 4 is 21.5 Å². The Morgan fingerprint density at radius 3 is 2.48 bits per heavy atom. The lowest BCUT2D eigenvalue weighted by Gasteiger charge is -2.33. The summed E-state index contributed by atoms with van der Waals surface area (Å²) in [6.07, 6.45) is -0.443. The number of fused-ring (bicyclic) bond motifs is 1. The van der Waals surface area contributed by atoms with Crippen LogP contribution in [0.2, 0.25) is 0 Å². The van der Waals surface area contributed by atoms with E-state index in [2.05, 4.69) is 0 Å². The highest BCUT2D eigenvalue weighted by atomic mass is 32.2. The summed E-state index contributed by atoms with van der Waals surface area (Å²) in [5.74, 6) is 0.436. The lowest BCUT2D eigenvalue weighted by molar-refractivity contribution is 0.101. The van der Waals surface area contributed by atoms with E-state index >= 15 is 0 Å². The summed E-state index contributed by atoms with van der Waals surface area (Å²) in [7, 11) is -2.27. The molecule has 0 aliphatic carbocycles. The molecule has 2 aromatic carbocycles. The molecule has 7 heteroatoms. The highest BCUT2D eigenvalue weighted by molar-refractivity contribution is 7.92. The molecule has 1 aliphatic rings. The van der Waals surface area contributed by atoms with E-state index < -0.39 is 16.1 Å². The van der Waals surface area contributed by atoms with Crippen molar-refractivity contribution in [3.63, 3.8) is 0 Å². The largest absolute Gasteiger partial charge is 0.497 e. The molecule has 6 nitrogen and oxygen atoms in total. The molecule has 0 aromatic heterocycles. The summed E-state index contributed by atoms with van der Waals surface area (Å²) >= 11 is 0. The predicted octanol–water partition coefficient (Wildman–Crippen LogP) is 2.53. The second-order valence-electron chi connectivity index (χ2n) is 5.89. The number of anilines is 1. The molecule has 25 heavy (non-hydrogen) atoms. The number of benzene rings is 2. The Hall–Kier alpha value is -2.38. The first-order valence-electron chi connectivity index (χ1n) is 7.84. The molecule has 1 atom stereocenters. The minimum absolute atomic E-state index is 0.107. The fourth-order valence-corrected chi connectivity index (χ4v) is 4.41. The minimum Gasteiger partial charge on any atom is -0.497 e. The zero-order valence-electron chi connectivity index (χ0n) is 14.0. The number of Topliss-reactive ketones (excluding diaryl/α,β-unsaturated/α-hetero) is 1. The van der Waals surface area contributed by atoms with Crippen LogP contribution in [-0.4, -0.2) is 33.0 Å². The molecule has 0 saturated carbocycles. The van der Waals surface area contributed by atoms with E-state index in [1.807, 2.05) is 0 Å². The number of sulfonamides is 1. The van der Waals surface area contributed by atoms with E-state index in [1.165, 1.54) is 42.6 Å². The zero-order valence-corrected chi connectivity index (χ0v) is 14.8. The maximum atomic E-state index is 13.0. The van der Waals surface area contributed by atoms with E-state index in [-0.39, 0.29) is 17.2 Å². The Kier molecular flexibility index (Phi) is 4.53. The lowest BCUT2D eigenvalue weighted by atomic mass is 10.0. The van der Waals surface area contributed by atoms with Gasteiger partial charge in [0.05, 0.1) is 23.8 Å². The summed E-state index contributed by atoms with van der Waals surface area (Å²) < 4.78 is 32.5. The molecular weight excluding hydrogens is 342 g/mol. The van der Waals surface area contributed by atoms with Crippen molar-refractivity contribution in [2.75, 3.05) is 18.0 Å². The first kappa shape index (κ1) is 17.4. The van der Waals surface area contributed by atoms with Crippen LogP contribution >= 0.6 is 0 Å². The molecule has 1 heterocycles. The molecule has 0 amide bonds. The lowest BCUT2D eigenvalue weighted by Crippen LogP contribution is -2.36. The van der Waals surface area contributed by atoms with Crippen LogP contribution < -0.4 is 9.04 Å². The minimum atomic E-state index is -3.79. The van der Waals surface area contributed by atoms with Crippen molar-refractivity contribution in [3.8, 4) is 5.75 Å². The monoisotopic (exact) mass is 361 g/mol. The van der Waals surface area contributed by atoms with Crippen LogP contribution in [-0.2, 0) is 10.0 Å². The molecule has 2 aromatic rings. The Morgan fingerprint density at radius 2 is 1.88 bits per heavy atom. The summed E-state index contributed by atoms with van der Waals surface area (Å²) in [6, 6.07) is 10.8. The summed E-state index contributed by atoms with van der Waals surface area (Å²) in [5.41, 5.74) is 1.42. The average molecular weight is 361 g/mol. The second-order valence-corrected chi connectivity index (χ2v) is 7.75. The molecule has 0 radical (unpaired) electrons. The maximum Gasteiger partial charge on any atom is 0.264 e. The normalized spacial score (nSPS) is 17.1. The van der Waals surface area contributed by atoms with Crippen molar-refractivity contribution in [1.82, 2.24) is 0 Å². The number of nitrogens with zero attached hydrogens (tertiary/aromatic N) is 1. The van der Waals surface area contributed by atoms with Crippen LogP contribution in [0.1, 0.15) is 35.4 Å². The van der Waals surface area contributed by atoms with E-state index in [4.69, 9.17) is 4.74 Å². The SMILES string of the molecule is COc1ccc2c(c1)C(O)CCN2S(=O)(=O)c1ccc(C(C)=O)cc1. The van der Waals surface area contributed by atoms with Crippen molar-refractivity contribution < 1.29 is 23.1 Å². The number of carbonyl (C=O) groups is 1. The Labute approximate surface area is 146 Å². The van der Waals surface area contributed by atoms with Crippen molar-refractivity contribution in [1.29, 1.82) is 0 Å². The number of hydrogen-bond donors (Lipinski definition) is 1. The first-order valence-corrected chi connectivity index (χ1v) is 9.28. The van der Waals surface area contributed by atoms with Gasteiger partial charge in [0.25, 0.3) is 10.0 Å². The molecule has 1 unspecified atom stereocenters. The van der Waals surface area contributed by atoms with Crippen LogP contribution in [0.5, 0.6) is 5.75 Å². The number of ether oxygens (including phenoxy) is 1. The average Bonchev–Trinajstić information content (AvgIpc) is 2.61. The van der Waals surface area contributed by atoms with Gasteiger partial charge in [-0.05, 0) is 43.7 Å². The van der Waals surface area contributed by atoms with Gasteiger partial charge in [-0.2, -0.15) is 0 Å². The molecule has 0 saturated heterocycles. The van der Waals surface area contributed by atoms with Gasteiger partial charge in [0, 0.05) is 17.7 Å². The van der Waals surface area contributed by atoms with Gasteiger partial charge in [0.15, 0.2) is 5.78 Å². The van der Waals surface area contributed by atoms with Crippen LogP contribution in [0, 0.1) is 0 Å². The van der Waals surface area contributed by atoms with Crippen molar-refractivity contribution in [2.45, 2.75) is 24.3 Å². The van der Waals surface area contributed by atoms with Crippen LogP contribution in [0.4, 0.5) is 5.69 Å². The number of methoxy groups -OCH3 is 1. The van der Waals surface area contributed by atoms with Gasteiger partial charge in [-0.1, -0.05) is 12.1 Å². The molecular formula is C18H19NO5S. The van der Waals surface area contributed by atoms with Gasteiger partial charge in [0.2, 0.25) is 0 Å². The molecule has 0 spiro atoms. The maximum absolute atomic E-state index is 13.0. The highest BCUT2D eigenvalue weighted by Crippen LogP contribution is 2.38. The summed E-state index contributed by atoms with van der Waals surface area (Å²) in [5, 5.41) is 10.2. The van der Waals surface area contributed by atoms with E-state index in [0.29, 0.717) is 29.0 Å². The van der Waals surface area contributed by atoms with Gasteiger partial charge in [0.1, 0.15) is 5.75 Å². The third kappa shape index (κ3) is 3.12. The second kappa shape index (κ2) is 6.50. The van der Waals surface area contributed by atoms with Crippen molar-refractivity contribution in [3.05, 3.63) is 53.6 Å². The Balaban J connectivity index is 2.04. The van der Waals surface area contributed by atoms with Crippen LogP contribution in [0.3, 0.4) is 0 Å². The predicted molar refractivity (Wildman–Crippen MR) is 93.5 cm³/mol. The molecule has 132 valence electrons. The van der Waals surface area contributed by atoms with Gasteiger partial charge < -0.3 is 9.84 Å². The number of aliphatic hydroxyl groups excluding tert-OH is 1. The van der Waals surface area contributed by atoms with Gasteiger partial charge >= 0.3 is 0 Å². The van der Waals surface area contributed by atoms with Crippen LogP contribution in [0.15, 0.2) is 47.4 Å². The van der Waals surface area contributed by atoms with Crippen molar-refractivity contribution in [2.24, 2.45) is 0 Å². The number of hydrogen-bond acceptors (Lipinski definition) is 5. The Bertz CT molecular complexity index is 906. The number of rotatable bonds is 4. The van der Waals surface area contributed by atoms with Gasteiger partial charge in [-0.15, -0.1) is 0 Å². The van der Waals surface area contributed by atoms with Gasteiger partial charge in [-0.25, -0.2) is 8.42 Å². The molecule has 0 bridgehead atoms. The quantitative estimate of drug-likeness (QED) is 0.846. The van der Waals surface area contributed by atoms with Crippen LogP contribution in [0.25, 0.3) is 0 Å². The molecule has 0 fully saturated rings. The van der Waals surface area contributed by atoms with Gasteiger partial charge in [-0.3, -0.25) is 9.10 Å². The third-order valence-electron chi connectivity index (χ3n) is 4.32. The first-order chi connectivity index (χ1) is 11.8. The van der Waals surface area contributed by atoms with E-state index in [1.54, 1.807) is 18.2 Å². The smallest absolute Gasteiger partial charge is 0.264 e. The summed E-state index contributed by atoms with van der Waals surface area (Å²) in [6.45, 7) is 1.61. The third-order valence-corrected chi connectivity index (χ3v) is 6.14. The Morgan fingerprint density at radius 1 is 1.20 bits per heavy atom. The number of ketones is 1. The fourth-order valence-electron chi connectivity index (χ4n) is 2.91. The molecule has 3 rings (SSSR count). The highest BCUT2D eigenvalue weighted by Gasteiger charge is 2.32. The summed E-state index contributed by atoms with van der Waals surface area (Å²) in [4.78, 5) is 11.5. The zero-order chi connectivity index (χ0) is 18.2. The molecule has 1 aliphatic heterocycles. The van der Waals surface area contributed by atoms with E-state index in [9.17, 15) is 18.3 Å². The standard InChI is InChI=1S/C18H19NO5S/c1-12(20)13-3-6-15(7-4-13)25(22,23)19-10-9-18(21)16-11-14(24-2)5-8-17(16)19/h3-8,11,18,21H,9-10H2,1-2H3. The fraction of sp³-hybridized carbons (Fsp3) is 0.278. The molecule has 1 N–H and O–H groups in total. The topological polar surface area (TPSA) is 83.9 Å².